The summed E-state index contributed by atoms with van der Waals surface area (Å²) in [6.45, 7) is 1.74. The largest absolute Gasteiger partial charge is 0.480 e. The minimum atomic E-state index is -0.423. The zero-order valence-corrected chi connectivity index (χ0v) is 13.1. The number of methoxy groups -OCH3 is 2. The third kappa shape index (κ3) is 4.03. The number of esters is 1. The highest BCUT2D eigenvalue weighted by Gasteiger charge is 2.16. The van der Waals surface area contributed by atoms with Crippen molar-refractivity contribution in [1.82, 2.24) is 9.97 Å². The van der Waals surface area contributed by atoms with Gasteiger partial charge in [0, 0.05) is 5.69 Å². The lowest BCUT2D eigenvalue weighted by atomic mass is 10.0. The van der Waals surface area contributed by atoms with Gasteiger partial charge >= 0.3 is 5.97 Å². The molecule has 0 fully saturated rings. The van der Waals surface area contributed by atoms with Crippen LogP contribution in [0.5, 0.6) is 5.88 Å². The number of nitrogens with one attached hydrogen (secondary N) is 1. The Morgan fingerprint density at radius 3 is 2.70 bits per heavy atom. The average Bonchev–Trinajstić information content (AvgIpc) is 2.60. The molecule has 0 aliphatic heterocycles. The summed E-state index contributed by atoms with van der Waals surface area (Å²) in [5.74, 6) is -0.925. The molecule has 1 aromatic heterocycles. The van der Waals surface area contributed by atoms with E-state index < -0.39 is 11.8 Å². The normalized spacial score (nSPS) is 11.4. The number of carbonyl (C=O) groups is 2. The van der Waals surface area contributed by atoms with E-state index in [9.17, 15) is 9.59 Å². The molecule has 1 atom stereocenters. The maximum atomic E-state index is 12.2. The van der Waals surface area contributed by atoms with E-state index in [1.807, 2.05) is 0 Å². The Hall–Kier alpha value is -2.96. The van der Waals surface area contributed by atoms with Gasteiger partial charge in [-0.1, -0.05) is 12.1 Å². The van der Waals surface area contributed by atoms with Crippen LogP contribution in [-0.2, 0) is 9.53 Å². The summed E-state index contributed by atoms with van der Waals surface area (Å²) in [6.07, 6.45) is 2.76. The molecule has 0 spiro atoms. The van der Waals surface area contributed by atoms with Crippen LogP contribution in [0, 0.1) is 0 Å². The van der Waals surface area contributed by atoms with Gasteiger partial charge in [-0.3, -0.25) is 14.6 Å². The highest BCUT2D eigenvalue weighted by atomic mass is 16.5. The Morgan fingerprint density at radius 1 is 1.22 bits per heavy atom. The van der Waals surface area contributed by atoms with Crippen LogP contribution in [0.3, 0.4) is 0 Å². The molecule has 120 valence electrons. The number of hydrogen-bond donors (Lipinski definition) is 1. The van der Waals surface area contributed by atoms with E-state index in [2.05, 4.69) is 15.3 Å². The fraction of sp³-hybridized carbons (Fsp3) is 0.250. The second-order valence-corrected chi connectivity index (χ2v) is 4.77. The molecule has 0 aliphatic carbocycles. The van der Waals surface area contributed by atoms with E-state index in [4.69, 9.17) is 9.47 Å². The maximum Gasteiger partial charge on any atom is 0.312 e. The summed E-state index contributed by atoms with van der Waals surface area (Å²) in [6, 6.07) is 6.98. The first-order valence-corrected chi connectivity index (χ1v) is 6.90. The monoisotopic (exact) mass is 315 g/mol. The molecule has 1 aromatic carbocycles. The Morgan fingerprint density at radius 2 is 2.00 bits per heavy atom. The molecule has 23 heavy (non-hydrogen) atoms. The van der Waals surface area contributed by atoms with Gasteiger partial charge in [0.2, 0.25) is 5.88 Å². The van der Waals surface area contributed by atoms with Crippen molar-refractivity contribution in [3.8, 4) is 5.88 Å². The van der Waals surface area contributed by atoms with Crippen molar-refractivity contribution < 1.29 is 19.1 Å². The number of nitrogens with zero attached hydrogens (tertiary/aromatic N) is 2. The molecule has 1 unspecified atom stereocenters. The molecule has 7 heteroatoms. The van der Waals surface area contributed by atoms with E-state index in [-0.39, 0.29) is 17.5 Å². The molecule has 1 heterocycles. The average molecular weight is 315 g/mol. The molecule has 0 aliphatic rings. The molecule has 2 aromatic rings. The van der Waals surface area contributed by atoms with Crippen molar-refractivity contribution in [1.29, 1.82) is 0 Å². The molecule has 0 saturated carbocycles. The molecule has 2 rings (SSSR count). The van der Waals surface area contributed by atoms with E-state index in [0.717, 1.165) is 5.56 Å². The predicted octanol–water partition coefficient (Wildman–Crippen LogP) is 2.01. The van der Waals surface area contributed by atoms with Crippen molar-refractivity contribution >= 4 is 17.6 Å². The maximum absolute atomic E-state index is 12.2. The van der Waals surface area contributed by atoms with Gasteiger partial charge in [-0.25, -0.2) is 4.98 Å². The third-order valence-corrected chi connectivity index (χ3v) is 3.25. The van der Waals surface area contributed by atoms with Gasteiger partial charge < -0.3 is 14.8 Å². The van der Waals surface area contributed by atoms with Crippen LogP contribution in [0.1, 0.15) is 28.9 Å². The predicted molar refractivity (Wildman–Crippen MR) is 83.4 cm³/mol. The highest BCUT2D eigenvalue weighted by molar-refractivity contribution is 6.02. The van der Waals surface area contributed by atoms with Crippen molar-refractivity contribution in [2.24, 2.45) is 0 Å². The van der Waals surface area contributed by atoms with Gasteiger partial charge in [0.15, 0.2) is 5.69 Å². The summed E-state index contributed by atoms with van der Waals surface area (Å²) in [4.78, 5) is 31.7. The molecule has 1 N–H and O–H groups in total. The molecule has 1 amide bonds. The van der Waals surface area contributed by atoms with Crippen LogP contribution in [0.15, 0.2) is 36.7 Å². The van der Waals surface area contributed by atoms with Crippen molar-refractivity contribution in [3.05, 3.63) is 47.9 Å². The summed E-state index contributed by atoms with van der Waals surface area (Å²) in [5, 5.41) is 2.71. The van der Waals surface area contributed by atoms with E-state index >= 15 is 0 Å². The second-order valence-electron chi connectivity index (χ2n) is 4.77. The summed E-state index contributed by atoms with van der Waals surface area (Å²) < 4.78 is 9.66. The van der Waals surface area contributed by atoms with Crippen LogP contribution < -0.4 is 10.1 Å². The number of aromatic nitrogens is 2. The smallest absolute Gasteiger partial charge is 0.312 e. The number of benzene rings is 1. The number of amides is 1. The number of carbonyl (C=O) groups excluding carboxylic acids is 2. The minimum Gasteiger partial charge on any atom is -0.480 e. The molecule has 0 saturated heterocycles. The van der Waals surface area contributed by atoms with Crippen molar-refractivity contribution in [3.63, 3.8) is 0 Å². The lowest BCUT2D eigenvalue weighted by Crippen LogP contribution is -2.15. The minimum absolute atomic E-state index is 0.135. The van der Waals surface area contributed by atoms with Gasteiger partial charge in [0.05, 0.1) is 32.5 Å². The number of hydrogen-bond acceptors (Lipinski definition) is 6. The van der Waals surface area contributed by atoms with Gasteiger partial charge in [-0.15, -0.1) is 0 Å². The van der Waals surface area contributed by atoms with Crippen molar-refractivity contribution in [2.45, 2.75) is 12.8 Å². The SMILES string of the molecule is COC(=O)C(C)c1cccc(NC(=O)c2cncc(OC)n2)c1. The van der Waals surface area contributed by atoms with Gasteiger partial charge in [-0.2, -0.15) is 0 Å². The van der Waals surface area contributed by atoms with Gasteiger partial charge in [-0.05, 0) is 24.6 Å². The third-order valence-electron chi connectivity index (χ3n) is 3.25. The zero-order valence-electron chi connectivity index (χ0n) is 13.1. The summed E-state index contributed by atoms with van der Waals surface area (Å²) in [5.41, 5.74) is 1.43. The highest BCUT2D eigenvalue weighted by Crippen LogP contribution is 2.20. The van der Waals surface area contributed by atoms with E-state index in [1.54, 1.807) is 31.2 Å². The van der Waals surface area contributed by atoms with Crippen molar-refractivity contribution in [2.75, 3.05) is 19.5 Å². The fourth-order valence-corrected chi connectivity index (χ4v) is 1.95. The van der Waals surface area contributed by atoms with E-state index in [1.165, 1.54) is 26.6 Å². The second kappa shape index (κ2) is 7.35. The topological polar surface area (TPSA) is 90.4 Å². The Labute approximate surface area is 133 Å². The molecule has 0 radical (unpaired) electrons. The zero-order chi connectivity index (χ0) is 16.8. The number of rotatable bonds is 5. The molecular formula is C16H17N3O4. The Bertz CT molecular complexity index is 718. The number of ether oxygens (including phenoxy) is 2. The van der Waals surface area contributed by atoms with Gasteiger partial charge in [0.25, 0.3) is 5.91 Å². The first-order chi connectivity index (χ1) is 11.0. The van der Waals surface area contributed by atoms with Crippen LogP contribution in [0.4, 0.5) is 5.69 Å². The Balaban J connectivity index is 2.16. The lowest BCUT2D eigenvalue weighted by Gasteiger charge is -2.11. The first kappa shape index (κ1) is 16.4. The lowest BCUT2D eigenvalue weighted by molar-refractivity contribution is -0.141. The molecule has 0 bridgehead atoms. The first-order valence-electron chi connectivity index (χ1n) is 6.90. The number of anilines is 1. The molecule has 7 nitrogen and oxygen atoms in total. The van der Waals surface area contributed by atoms with Crippen LogP contribution in [-0.4, -0.2) is 36.1 Å². The molecular weight excluding hydrogens is 298 g/mol. The van der Waals surface area contributed by atoms with Crippen LogP contribution in [0.25, 0.3) is 0 Å². The fourth-order valence-electron chi connectivity index (χ4n) is 1.95. The Kier molecular flexibility index (Phi) is 5.24. The van der Waals surface area contributed by atoms with Crippen LogP contribution in [0.2, 0.25) is 0 Å². The standard InChI is InChI=1S/C16H17N3O4/c1-10(16(21)23-3)11-5-4-6-12(7-11)18-15(20)13-8-17-9-14(19-13)22-2/h4-10H,1-3H3,(H,18,20). The quantitative estimate of drug-likeness (QED) is 0.849. The van der Waals surface area contributed by atoms with Gasteiger partial charge in [0.1, 0.15) is 0 Å². The van der Waals surface area contributed by atoms with Crippen LogP contribution >= 0.6 is 0 Å². The van der Waals surface area contributed by atoms with E-state index in [0.29, 0.717) is 5.69 Å². The summed E-state index contributed by atoms with van der Waals surface area (Å²) in [7, 11) is 2.79. The summed E-state index contributed by atoms with van der Waals surface area (Å²) >= 11 is 0.